The highest BCUT2D eigenvalue weighted by Gasteiger charge is 2.30. The largest absolute Gasteiger partial charge is 0.330 e. The number of para-hydroxylation sites is 2. The summed E-state index contributed by atoms with van der Waals surface area (Å²) in [4.78, 5) is 7.33. The van der Waals surface area contributed by atoms with E-state index in [2.05, 4.69) is 48.6 Å². The van der Waals surface area contributed by atoms with Gasteiger partial charge in [0.15, 0.2) is 0 Å². The lowest BCUT2D eigenvalue weighted by molar-refractivity contribution is 0.237. The van der Waals surface area contributed by atoms with E-state index in [0.717, 1.165) is 24.4 Å². The van der Waals surface area contributed by atoms with Gasteiger partial charge in [0, 0.05) is 19.6 Å². The molecule has 1 fully saturated rings. The van der Waals surface area contributed by atoms with Crippen LogP contribution < -0.4 is 5.73 Å². The fraction of sp³-hybridized carbons (Fsp3) is 0.562. The summed E-state index contributed by atoms with van der Waals surface area (Å²) in [5, 5.41) is 0. The molecule has 108 valence electrons. The second kappa shape index (κ2) is 5.19. The van der Waals surface area contributed by atoms with Crippen LogP contribution in [0.15, 0.2) is 24.3 Å². The standard InChI is InChI=1S/C16H24N4/c1-11(17)13-8-9-20(10-13)12(2)16-18-14-6-4-5-7-15(14)19(16)3/h4-7,11-13H,8-10,17H2,1-3H3. The molecule has 2 heterocycles. The first-order chi connectivity index (χ1) is 9.58. The molecule has 0 bridgehead atoms. The first-order valence-corrected chi connectivity index (χ1v) is 7.49. The Balaban J connectivity index is 1.86. The molecule has 0 radical (unpaired) electrons. The quantitative estimate of drug-likeness (QED) is 0.932. The van der Waals surface area contributed by atoms with E-state index in [9.17, 15) is 0 Å². The van der Waals surface area contributed by atoms with Gasteiger partial charge in [-0.05, 0) is 44.9 Å². The van der Waals surface area contributed by atoms with Gasteiger partial charge in [-0.15, -0.1) is 0 Å². The van der Waals surface area contributed by atoms with Gasteiger partial charge in [-0.3, -0.25) is 4.90 Å². The molecule has 0 aliphatic carbocycles. The molecule has 1 aliphatic rings. The number of nitrogens with zero attached hydrogens (tertiary/aromatic N) is 3. The Morgan fingerprint density at radius 2 is 2.05 bits per heavy atom. The molecule has 20 heavy (non-hydrogen) atoms. The van der Waals surface area contributed by atoms with Gasteiger partial charge in [-0.1, -0.05) is 12.1 Å². The van der Waals surface area contributed by atoms with Crippen molar-refractivity contribution in [1.29, 1.82) is 0 Å². The van der Waals surface area contributed by atoms with Crippen molar-refractivity contribution in [1.82, 2.24) is 14.5 Å². The number of benzene rings is 1. The summed E-state index contributed by atoms with van der Waals surface area (Å²) in [6, 6.07) is 8.96. The monoisotopic (exact) mass is 272 g/mol. The highest BCUT2D eigenvalue weighted by atomic mass is 15.2. The third-order valence-electron chi connectivity index (χ3n) is 4.74. The van der Waals surface area contributed by atoms with Crippen molar-refractivity contribution in [2.45, 2.75) is 32.4 Å². The zero-order valence-electron chi connectivity index (χ0n) is 12.6. The number of fused-ring (bicyclic) bond motifs is 1. The summed E-state index contributed by atoms with van der Waals surface area (Å²) < 4.78 is 2.22. The van der Waals surface area contributed by atoms with Crippen molar-refractivity contribution >= 4 is 11.0 Å². The van der Waals surface area contributed by atoms with Gasteiger partial charge in [0.25, 0.3) is 0 Å². The summed E-state index contributed by atoms with van der Waals surface area (Å²) in [6.07, 6.45) is 1.20. The normalized spacial score (nSPS) is 23.3. The van der Waals surface area contributed by atoms with E-state index >= 15 is 0 Å². The molecule has 4 heteroatoms. The summed E-state index contributed by atoms with van der Waals surface area (Å²) in [7, 11) is 2.11. The van der Waals surface area contributed by atoms with Crippen molar-refractivity contribution in [3.05, 3.63) is 30.1 Å². The van der Waals surface area contributed by atoms with Crippen LogP contribution in [-0.4, -0.2) is 33.6 Å². The average Bonchev–Trinajstić information content (AvgIpc) is 3.04. The Morgan fingerprint density at radius 3 is 2.70 bits per heavy atom. The van der Waals surface area contributed by atoms with Crippen LogP contribution >= 0.6 is 0 Å². The van der Waals surface area contributed by atoms with Gasteiger partial charge in [-0.2, -0.15) is 0 Å². The van der Waals surface area contributed by atoms with Crippen LogP contribution in [0.3, 0.4) is 0 Å². The lowest BCUT2D eigenvalue weighted by Crippen LogP contribution is -2.31. The van der Waals surface area contributed by atoms with Crippen LogP contribution in [0, 0.1) is 5.92 Å². The van der Waals surface area contributed by atoms with Gasteiger partial charge in [-0.25, -0.2) is 4.98 Å². The molecule has 3 atom stereocenters. The molecular formula is C16H24N4. The summed E-state index contributed by atoms with van der Waals surface area (Å²) in [5.41, 5.74) is 8.33. The van der Waals surface area contributed by atoms with Crippen LogP contribution in [0.1, 0.15) is 32.1 Å². The Bertz CT molecular complexity index is 602. The number of rotatable bonds is 3. The van der Waals surface area contributed by atoms with Crippen molar-refractivity contribution in [3.63, 3.8) is 0 Å². The van der Waals surface area contributed by atoms with E-state index in [0.29, 0.717) is 12.0 Å². The third kappa shape index (κ3) is 2.23. The minimum atomic E-state index is 0.285. The molecule has 3 unspecified atom stereocenters. The van der Waals surface area contributed by atoms with E-state index in [1.54, 1.807) is 0 Å². The van der Waals surface area contributed by atoms with Gasteiger partial charge in [0.2, 0.25) is 0 Å². The first-order valence-electron chi connectivity index (χ1n) is 7.49. The zero-order chi connectivity index (χ0) is 14.3. The Hall–Kier alpha value is -1.39. The van der Waals surface area contributed by atoms with Gasteiger partial charge in [0.05, 0.1) is 17.1 Å². The molecule has 0 saturated carbocycles. The summed E-state index contributed by atoms with van der Waals surface area (Å²) in [6.45, 7) is 6.58. The molecular weight excluding hydrogens is 248 g/mol. The summed E-state index contributed by atoms with van der Waals surface area (Å²) >= 11 is 0. The number of aromatic nitrogens is 2. The molecule has 1 aromatic carbocycles. The second-order valence-corrected chi connectivity index (χ2v) is 6.10. The molecule has 0 amide bonds. The van der Waals surface area contributed by atoms with Crippen molar-refractivity contribution < 1.29 is 0 Å². The predicted octanol–water partition coefficient (Wildman–Crippen LogP) is 2.30. The van der Waals surface area contributed by atoms with Crippen LogP contribution in [0.4, 0.5) is 0 Å². The van der Waals surface area contributed by atoms with E-state index < -0.39 is 0 Å². The van der Waals surface area contributed by atoms with E-state index in [1.807, 2.05) is 6.07 Å². The Labute approximate surface area is 120 Å². The number of hydrogen-bond acceptors (Lipinski definition) is 3. The topological polar surface area (TPSA) is 47.1 Å². The van der Waals surface area contributed by atoms with E-state index in [1.165, 1.54) is 11.9 Å². The lowest BCUT2D eigenvalue weighted by atomic mass is 10.0. The molecule has 3 rings (SSSR count). The first kappa shape index (κ1) is 13.6. The molecule has 1 aromatic heterocycles. The molecule has 2 N–H and O–H groups in total. The number of hydrogen-bond donors (Lipinski definition) is 1. The maximum absolute atomic E-state index is 6.04. The Kier molecular flexibility index (Phi) is 3.52. The fourth-order valence-electron chi connectivity index (χ4n) is 3.30. The number of likely N-dealkylation sites (tertiary alicyclic amines) is 1. The van der Waals surface area contributed by atoms with E-state index in [4.69, 9.17) is 10.7 Å². The number of imidazole rings is 1. The third-order valence-corrected chi connectivity index (χ3v) is 4.74. The lowest BCUT2D eigenvalue weighted by Gasteiger charge is -2.24. The molecule has 2 aromatic rings. The Morgan fingerprint density at radius 1 is 1.30 bits per heavy atom. The molecule has 4 nitrogen and oxygen atoms in total. The van der Waals surface area contributed by atoms with Crippen molar-refractivity contribution in [2.75, 3.05) is 13.1 Å². The van der Waals surface area contributed by atoms with Gasteiger partial charge in [0.1, 0.15) is 5.82 Å². The van der Waals surface area contributed by atoms with Crippen LogP contribution in [0.5, 0.6) is 0 Å². The molecule has 0 spiro atoms. The molecule has 1 aliphatic heterocycles. The minimum Gasteiger partial charge on any atom is -0.330 e. The molecule has 1 saturated heterocycles. The van der Waals surface area contributed by atoms with Crippen LogP contribution in [0.25, 0.3) is 11.0 Å². The predicted molar refractivity (Wildman–Crippen MR) is 82.5 cm³/mol. The highest BCUT2D eigenvalue weighted by Crippen LogP contribution is 2.29. The zero-order valence-corrected chi connectivity index (χ0v) is 12.6. The van der Waals surface area contributed by atoms with Crippen LogP contribution in [0.2, 0.25) is 0 Å². The second-order valence-electron chi connectivity index (χ2n) is 6.10. The van der Waals surface area contributed by atoms with Crippen molar-refractivity contribution in [3.8, 4) is 0 Å². The van der Waals surface area contributed by atoms with Gasteiger partial charge >= 0.3 is 0 Å². The SMILES string of the molecule is CC(N)C1CCN(C(C)c2nc3ccccc3n2C)C1. The maximum Gasteiger partial charge on any atom is 0.126 e. The smallest absolute Gasteiger partial charge is 0.126 e. The summed E-state index contributed by atoms with van der Waals surface area (Å²) in [5.74, 6) is 1.77. The minimum absolute atomic E-state index is 0.285. The fourth-order valence-corrected chi connectivity index (χ4v) is 3.30. The van der Waals surface area contributed by atoms with Crippen LogP contribution in [-0.2, 0) is 7.05 Å². The van der Waals surface area contributed by atoms with Gasteiger partial charge < -0.3 is 10.3 Å². The average molecular weight is 272 g/mol. The maximum atomic E-state index is 6.04. The highest BCUT2D eigenvalue weighted by molar-refractivity contribution is 5.75. The number of aryl methyl sites for hydroxylation is 1. The number of nitrogens with two attached hydrogens (primary N) is 1. The van der Waals surface area contributed by atoms with Crippen molar-refractivity contribution in [2.24, 2.45) is 18.7 Å². The van der Waals surface area contributed by atoms with E-state index in [-0.39, 0.29) is 6.04 Å².